The number of likely N-dealkylation sites (tertiary alicyclic amines) is 1. The van der Waals surface area contributed by atoms with Crippen molar-refractivity contribution in [2.24, 2.45) is 5.14 Å². The first-order chi connectivity index (χ1) is 21.8. The average Bonchev–Trinajstić information content (AvgIpc) is 3.58. The Morgan fingerprint density at radius 2 is 1.49 bits per heavy atom. The Balaban J connectivity index is 1.49. The molecule has 1 heterocycles. The summed E-state index contributed by atoms with van der Waals surface area (Å²) in [5.74, 6) is -0.440. The highest BCUT2D eigenvalue weighted by Gasteiger charge is 2.22. The maximum absolute atomic E-state index is 13.8. The summed E-state index contributed by atoms with van der Waals surface area (Å²) in [4.78, 5) is 31.5. The first-order valence-corrected chi connectivity index (χ1v) is 16.6. The molecule has 0 saturated carbocycles. The molecule has 3 N–H and O–H groups in total. The topological polar surface area (TPSA) is 113 Å². The summed E-state index contributed by atoms with van der Waals surface area (Å²) >= 11 is 0. The molecule has 45 heavy (non-hydrogen) atoms. The van der Waals surface area contributed by atoms with E-state index >= 15 is 0 Å². The van der Waals surface area contributed by atoms with Crippen molar-refractivity contribution in [1.29, 1.82) is 0 Å². The molecule has 1 saturated heterocycles. The van der Waals surface area contributed by atoms with Gasteiger partial charge in [0.25, 0.3) is 5.91 Å². The van der Waals surface area contributed by atoms with Crippen molar-refractivity contribution >= 4 is 27.9 Å². The molecule has 0 unspecified atom stereocenters. The van der Waals surface area contributed by atoms with E-state index in [4.69, 9.17) is 5.14 Å². The summed E-state index contributed by atoms with van der Waals surface area (Å²) in [5.41, 5.74) is 4.63. The fourth-order valence-electron chi connectivity index (χ4n) is 5.53. The Morgan fingerprint density at radius 3 is 2.16 bits per heavy atom. The summed E-state index contributed by atoms with van der Waals surface area (Å²) < 4.78 is 23.6. The smallest absolute Gasteiger partial charge is 0.251 e. The van der Waals surface area contributed by atoms with Gasteiger partial charge in [-0.25, -0.2) is 13.6 Å². The molecule has 0 atom stereocenters. The molecular formula is C36H38N4O4S. The number of nitrogens with one attached hydrogen (secondary N) is 1. The van der Waals surface area contributed by atoms with Crippen molar-refractivity contribution in [3.05, 3.63) is 131 Å². The molecule has 4 aromatic carbocycles. The van der Waals surface area contributed by atoms with Crippen molar-refractivity contribution in [3.63, 3.8) is 0 Å². The van der Waals surface area contributed by atoms with E-state index in [1.54, 1.807) is 29.2 Å². The Labute approximate surface area is 265 Å². The summed E-state index contributed by atoms with van der Waals surface area (Å²) in [7, 11) is -3.86. The number of nitrogens with two attached hydrogens (primary N) is 1. The molecule has 9 heteroatoms. The number of hydrogen-bond donors (Lipinski definition) is 2. The number of rotatable bonds is 12. The van der Waals surface area contributed by atoms with Gasteiger partial charge in [0, 0.05) is 37.8 Å². The number of primary sulfonamides is 1. The fourth-order valence-corrected chi connectivity index (χ4v) is 6.05. The maximum Gasteiger partial charge on any atom is 0.251 e. The van der Waals surface area contributed by atoms with Gasteiger partial charge < -0.3 is 15.1 Å². The fraction of sp³-hybridized carbons (Fsp3) is 0.222. The van der Waals surface area contributed by atoms with Gasteiger partial charge in [0.2, 0.25) is 15.9 Å². The first kappa shape index (κ1) is 31.8. The average molecular weight is 623 g/mol. The first-order valence-electron chi connectivity index (χ1n) is 15.1. The van der Waals surface area contributed by atoms with Crippen molar-refractivity contribution < 1.29 is 18.0 Å². The van der Waals surface area contributed by atoms with Gasteiger partial charge in [0.15, 0.2) is 0 Å². The Hall–Kier alpha value is -4.57. The molecule has 4 aromatic rings. The quantitative estimate of drug-likeness (QED) is 0.214. The number of benzene rings is 4. The maximum atomic E-state index is 13.8. The molecule has 1 aliphatic rings. The van der Waals surface area contributed by atoms with Crippen LogP contribution < -0.4 is 10.5 Å². The van der Waals surface area contributed by atoms with Crippen LogP contribution in [0.1, 0.15) is 39.9 Å². The predicted molar refractivity (Wildman–Crippen MR) is 177 cm³/mol. The standard InChI is InChI=1S/C36H38N4O4S/c37-45(43,44)31-19-16-29(17-20-31)26-40(35(41)21-18-28-10-3-1-4-11-28)27-34-32(30-12-5-2-6-13-30)14-9-15-33(34)36(42)38-22-25-39-23-7-8-24-39/h1-6,9-21H,7-8,22-27H2,(H,38,42)(H2,37,43,44)/b21-18+. The van der Waals surface area contributed by atoms with Crippen LogP contribution in [-0.4, -0.2) is 56.2 Å². The summed E-state index contributed by atoms with van der Waals surface area (Å²) in [5, 5.41) is 8.40. The van der Waals surface area contributed by atoms with Crippen molar-refractivity contribution in [1.82, 2.24) is 15.1 Å². The molecular weight excluding hydrogens is 584 g/mol. The van der Waals surface area contributed by atoms with Crippen LogP contribution in [-0.2, 0) is 27.9 Å². The van der Waals surface area contributed by atoms with Crippen molar-refractivity contribution in [3.8, 4) is 11.1 Å². The summed E-state index contributed by atoms with van der Waals surface area (Å²) in [6.07, 6.45) is 5.65. The van der Waals surface area contributed by atoms with Crippen LogP contribution in [0.2, 0.25) is 0 Å². The molecule has 0 aromatic heterocycles. The Bertz CT molecular complexity index is 1740. The minimum Gasteiger partial charge on any atom is -0.351 e. The minimum absolute atomic E-state index is 0.00425. The molecule has 232 valence electrons. The van der Waals surface area contributed by atoms with E-state index in [2.05, 4.69) is 10.2 Å². The van der Waals surface area contributed by atoms with Crippen LogP contribution in [0.4, 0.5) is 0 Å². The van der Waals surface area contributed by atoms with Gasteiger partial charge in [0.05, 0.1) is 4.90 Å². The van der Waals surface area contributed by atoms with E-state index in [0.29, 0.717) is 12.1 Å². The lowest BCUT2D eigenvalue weighted by Gasteiger charge is -2.25. The molecule has 5 rings (SSSR count). The van der Waals surface area contributed by atoms with E-state index < -0.39 is 10.0 Å². The van der Waals surface area contributed by atoms with Gasteiger partial charge in [-0.05, 0) is 78.0 Å². The van der Waals surface area contributed by atoms with Crippen molar-refractivity contribution in [2.75, 3.05) is 26.2 Å². The molecule has 0 radical (unpaired) electrons. The van der Waals surface area contributed by atoms with Gasteiger partial charge in [-0.15, -0.1) is 0 Å². The third-order valence-electron chi connectivity index (χ3n) is 7.92. The second-order valence-corrected chi connectivity index (χ2v) is 12.7. The van der Waals surface area contributed by atoms with Crippen LogP contribution in [0.5, 0.6) is 0 Å². The van der Waals surface area contributed by atoms with Gasteiger partial charge in [-0.2, -0.15) is 0 Å². The highest BCUT2D eigenvalue weighted by atomic mass is 32.2. The second-order valence-electron chi connectivity index (χ2n) is 11.1. The van der Waals surface area contributed by atoms with Crippen molar-refractivity contribution in [2.45, 2.75) is 30.8 Å². The molecule has 1 fully saturated rings. The second kappa shape index (κ2) is 14.9. The van der Waals surface area contributed by atoms with Gasteiger partial charge >= 0.3 is 0 Å². The normalized spacial score (nSPS) is 13.6. The number of sulfonamides is 1. The van der Waals surface area contributed by atoms with Crippen LogP contribution in [0, 0.1) is 0 Å². The Kier molecular flexibility index (Phi) is 10.6. The van der Waals surface area contributed by atoms with E-state index in [0.717, 1.165) is 47.5 Å². The largest absolute Gasteiger partial charge is 0.351 e. The molecule has 2 amide bonds. The van der Waals surface area contributed by atoms with E-state index in [9.17, 15) is 18.0 Å². The molecule has 0 spiro atoms. The number of hydrogen-bond acceptors (Lipinski definition) is 5. The SMILES string of the molecule is NS(=O)(=O)c1ccc(CN(Cc2c(C(=O)NCCN3CCCC3)cccc2-c2ccccc2)C(=O)/C=C/c2ccccc2)cc1. The zero-order chi connectivity index (χ0) is 31.6. The summed E-state index contributed by atoms with van der Waals surface area (Å²) in [6, 6.07) is 31.1. The van der Waals surface area contributed by atoms with E-state index in [-0.39, 0.29) is 29.8 Å². The Morgan fingerprint density at radius 1 is 0.822 bits per heavy atom. The van der Waals surface area contributed by atoms with Crippen LogP contribution in [0.15, 0.2) is 114 Å². The van der Waals surface area contributed by atoms with Gasteiger partial charge in [-0.1, -0.05) is 84.9 Å². The number of amides is 2. The highest BCUT2D eigenvalue weighted by molar-refractivity contribution is 7.89. The van der Waals surface area contributed by atoms with Gasteiger partial charge in [0.1, 0.15) is 0 Å². The third kappa shape index (κ3) is 8.76. The zero-order valence-electron chi connectivity index (χ0n) is 25.1. The molecule has 8 nitrogen and oxygen atoms in total. The lowest BCUT2D eigenvalue weighted by atomic mass is 9.94. The number of carbonyl (C=O) groups is 2. The lowest BCUT2D eigenvalue weighted by Crippen LogP contribution is -2.35. The lowest BCUT2D eigenvalue weighted by molar-refractivity contribution is -0.127. The highest BCUT2D eigenvalue weighted by Crippen LogP contribution is 2.29. The number of nitrogens with zero attached hydrogens (tertiary/aromatic N) is 2. The van der Waals surface area contributed by atoms with Crippen LogP contribution >= 0.6 is 0 Å². The molecule has 1 aliphatic heterocycles. The summed E-state index contributed by atoms with van der Waals surface area (Å²) in [6.45, 7) is 3.76. The number of carbonyl (C=O) groups excluding carboxylic acids is 2. The van der Waals surface area contributed by atoms with Crippen LogP contribution in [0.25, 0.3) is 17.2 Å². The minimum atomic E-state index is -3.86. The third-order valence-corrected chi connectivity index (χ3v) is 8.85. The van der Waals surface area contributed by atoms with Gasteiger partial charge in [-0.3, -0.25) is 9.59 Å². The monoisotopic (exact) mass is 622 g/mol. The zero-order valence-corrected chi connectivity index (χ0v) is 26.0. The molecule has 0 aliphatic carbocycles. The van der Waals surface area contributed by atoms with E-state index in [1.807, 2.05) is 72.8 Å². The molecule has 0 bridgehead atoms. The predicted octanol–water partition coefficient (Wildman–Crippen LogP) is 5.07. The van der Waals surface area contributed by atoms with E-state index in [1.165, 1.54) is 31.1 Å². The van der Waals surface area contributed by atoms with Crippen LogP contribution in [0.3, 0.4) is 0 Å².